The molecule has 0 aliphatic rings. The number of hydrogen-bond donors (Lipinski definition) is 4. The summed E-state index contributed by atoms with van der Waals surface area (Å²) in [7, 11) is 5.07. The first-order valence-corrected chi connectivity index (χ1v) is 18.4. The van der Waals surface area contributed by atoms with Crippen LogP contribution in [0.3, 0.4) is 0 Å². The van der Waals surface area contributed by atoms with Crippen LogP contribution in [0, 0.1) is 13.8 Å². The van der Waals surface area contributed by atoms with Crippen LogP contribution in [0.4, 0.5) is 0 Å². The Morgan fingerprint density at radius 2 is 1.02 bits per heavy atom. The fourth-order valence-electron chi connectivity index (χ4n) is 5.61. The molecule has 0 unspecified atom stereocenters. The average Bonchev–Trinajstić information content (AvgIpc) is 3.21. The minimum absolute atomic E-state index is 0.00581. The Kier molecular flexibility index (Phi) is 16.4. The van der Waals surface area contributed by atoms with Crippen molar-refractivity contribution in [3.63, 3.8) is 0 Å². The Labute approximate surface area is 344 Å². The highest BCUT2D eigenvalue weighted by Crippen LogP contribution is 2.34. The van der Waals surface area contributed by atoms with Gasteiger partial charge in [-0.3, -0.25) is 19.2 Å². The Morgan fingerprint density at radius 3 is 1.36 bits per heavy atom. The van der Waals surface area contributed by atoms with Crippen LogP contribution >= 0.6 is 23.2 Å². The lowest BCUT2D eigenvalue weighted by Crippen LogP contribution is -2.33. The van der Waals surface area contributed by atoms with Crippen LogP contribution in [-0.4, -0.2) is 97.7 Å². The van der Waals surface area contributed by atoms with E-state index < -0.39 is 36.0 Å². The molecule has 0 bridgehead atoms. The molecule has 0 aliphatic carbocycles. The number of carbonyl (C=O) groups excluding carboxylic acids is 4. The predicted octanol–water partition coefficient (Wildman–Crippen LogP) is 4.55. The molecule has 2 atom stereocenters. The number of carbonyl (C=O) groups is 4. The summed E-state index contributed by atoms with van der Waals surface area (Å²) in [5.74, 6) is -2.53. The van der Waals surface area contributed by atoms with Crippen molar-refractivity contribution in [2.45, 2.75) is 52.1 Å². The van der Waals surface area contributed by atoms with Crippen molar-refractivity contribution in [1.29, 1.82) is 0 Å². The molecular weight excluding hydrogens is 799 g/mol. The van der Waals surface area contributed by atoms with Gasteiger partial charge in [-0.2, -0.15) is 9.97 Å². The van der Waals surface area contributed by atoms with Crippen LogP contribution in [0.25, 0.3) is 11.1 Å². The number of benzene rings is 2. The molecule has 2 amide bonds. The van der Waals surface area contributed by atoms with Gasteiger partial charge >= 0.3 is 11.9 Å². The lowest BCUT2D eigenvalue weighted by atomic mass is 9.92. The highest BCUT2D eigenvalue weighted by Gasteiger charge is 2.23. The summed E-state index contributed by atoms with van der Waals surface area (Å²) < 4.78 is 31.7. The van der Waals surface area contributed by atoms with E-state index in [2.05, 4.69) is 30.1 Å². The largest absolute Gasteiger partial charge is 0.480 e. The van der Waals surface area contributed by atoms with Gasteiger partial charge in [-0.05, 0) is 59.4 Å². The topological polar surface area (TPSA) is 214 Å². The summed E-state index contributed by atoms with van der Waals surface area (Å²) in [5.41, 5.74) is 5.40. The number of pyridine rings is 2. The van der Waals surface area contributed by atoms with E-state index in [-0.39, 0.29) is 83.8 Å². The fraction of sp³-hybridized carbons (Fsp3) is 0.350. The molecule has 18 heteroatoms. The van der Waals surface area contributed by atoms with Gasteiger partial charge in [0.15, 0.2) is 0 Å². The molecule has 2 aromatic carbocycles. The molecule has 4 rings (SSSR count). The molecule has 0 spiro atoms. The van der Waals surface area contributed by atoms with Gasteiger partial charge in [-0.15, -0.1) is 0 Å². The third-order valence-electron chi connectivity index (χ3n) is 8.86. The zero-order chi connectivity index (χ0) is 42.5. The Morgan fingerprint density at radius 1 is 0.638 bits per heavy atom. The number of rotatable bonds is 19. The van der Waals surface area contributed by atoms with Crippen LogP contribution < -0.4 is 29.6 Å². The molecule has 4 N–H and O–H groups in total. The number of amides is 2. The summed E-state index contributed by atoms with van der Waals surface area (Å²) in [4.78, 5) is 57.1. The molecule has 310 valence electrons. The van der Waals surface area contributed by atoms with Crippen LogP contribution in [-0.2, 0) is 32.3 Å². The first-order chi connectivity index (χ1) is 27.7. The van der Waals surface area contributed by atoms with Crippen molar-refractivity contribution in [2.24, 2.45) is 0 Å². The first kappa shape index (κ1) is 45.0. The quantitative estimate of drug-likeness (QED) is 0.0954. The summed E-state index contributed by atoms with van der Waals surface area (Å²) in [6, 6.07) is 14.3. The number of nitrogens with zero attached hydrogens (tertiary/aromatic N) is 2. The van der Waals surface area contributed by atoms with Gasteiger partial charge in [0, 0.05) is 13.1 Å². The van der Waals surface area contributed by atoms with Crippen LogP contribution in [0.5, 0.6) is 23.5 Å². The maximum absolute atomic E-state index is 12.8. The number of aliphatic hydroxyl groups is 2. The van der Waals surface area contributed by atoms with Crippen molar-refractivity contribution in [3.8, 4) is 34.6 Å². The molecular formula is C40H44Cl2N4O12. The van der Waals surface area contributed by atoms with Gasteiger partial charge < -0.3 is 49.3 Å². The maximum atomic E-state index is 12.8. The molecule has 16 nitrogen and oxygen atoms in total. The molecule has 0 fully saturated rings. The monoisotopic (exact) mass is 842 g/mol. The Balaban J connectivity index is 1.46. The van der Waals surface area contributed by atoms with E-state index in [0.29, 0.717) is 0 Å². The molecule has 0 saturated carbocycles. The van der Waals surface area contributed by atoms with Gasteiger partial charge in [-0.25, -0.2) is 0 Å². The van der Waals surface area contributed by atoms with E-state index >= 15 is 0 Å². The van der Waals surface area contributed by atoms with Crippen molar-refractivity contribution >= 4 is 47.0 Å². The number of methoxy groups -OCH3 is 4. The zero-order valence-electron chi connectivity index (χ0n) is 32.6. The molecule has 0 radical (unpaired) electrons. The number of aliphatic hydroxyl groups excluding tert-OH is 2. The van der Waals surface area contributed by atoms with Crippen LogP contribution in [0.1, 0.15) is 55.8 Å². The second-order valence-electron chi connectivity index (χ2n) is 12.7. The SMILES string of the molecule is COC(=O)C[C@H](O)CNC(=O)c1cc(Cl)c(OCc2cccc(-c3cccc(COc4nc(OC)c(C(=O)NC[C@@H](O)CC(=O)OC)cc4Cl)c3C)c2C)nc1OC. The van der Waals surface area contributed by atoms with Crippen LogP contribution in [0.2, 0.25) is 10.0 Å². The summed E-state index contributed by atoms with van der Waals surface area (Å²) >= 11 is 13.0. The van der Waals surface area contributed by atoms with Gasteiger partial charge in [0.25, 0.3) is 11.8 Å². The molecule has 0 aliphatic heterocycles. The van der Waals surface area contributed by atoms with Crippen molar-refractivity contribution in [1.82, 2.24) is 20.6 Å². The van der Waals surface area contributed by atoms with Crippen molar-refractivity contribution in [3.05, 3.63) is 92.0 Å². The number of hydrogen-bond acceptors (Lipinski definition) is 14. The van der Waals surface area contributed by atoms with Crippen molar-refractivity contribution in [2.75, 3.05) is 41.5 Å². The third-order valence-corrected chi connectivity index (χ3v) is 9.40. The highest BCUT2D eigenvalue weighted by atomic mass is 35.5. The Bertz CT molecular complexity index is 1990. The first-order valence-electron chi connectivity index (χ1n) is 17.7. The Hall–Kier alpha value is -5.68. The fourth-order valence-corrected chi connectivity index (χ4v) is 6.03. The molecule has 2 heterocycles. The number of nitrogens with one attached hydrogen (secondary N) is 2. The highest BCUT2D eigenvalue weighted by molar-refractivity contribution is 6.32. The molecule has 4 aromatic rings. The van der Waals surface area contributed by atoms with E-state index in [0.717, 1.165) is 33.4 Å². The van der Waals surface area contributed by atoms with E-state index in [1.54, 1.807) is 0 Å². The smallest absolute Gasteiger partial charge is 0.308 e. The lowest BCUT2D eigenvalue weighted by molar-refractivity contribution is -0.143. The van der Waals surface area contributed by atoms with E-state index in [9.17, 15) is 29.4 Å². The van der Waals surface area contributed by atoms with E-state index in [1.807, 2.05) is 50.2 Å². The minimum Gasteiger partial charge on any atom is -0.480 e. The van der Waals surface area contributed by atoms with Gasteiger partial charge in [0.2, 0.25) is 23.5 Å². The van der Waals surface area contributed by atoms with Crippen molar-refractivity contribution < 1.29 is 57.8 Å². The maximum Gasteiger partial charge on any atom is 0.308 e. The normalized spacial score (nSPS) is 11.8. The second kappa shape index (κ2) is 21.2. The third kappa shape index (κ3) is 11.7. The molecule has 0 saturated heterocycles. The standard InChI is InChI=1S/C40H44Cl2N4O12/c1-21-23(19-57-39-31(41)15-29(37(45-39)55-5)35(51)43-17-25(47)13-33(49)53-3)9-7-11-27(21)28-12-8-10-24(22(28)2)20-58-40-32(42)16-30(38(46-40)56-6)36(52)44-18-26(48)14-34(50)54-4/h7-12,15-16,25-26,47-48H,13-14,17-20H2,1-6H3,(H,43,51)(H,44,52)/t25-,26-/m0/s1. The summed E-state index contributed by atoms with van der Waals surface area (Å²) in [6.07, 6.45) is -2.90. The van der Waals surface area contributed by atoms with Crippen LogP contribution in [0.15, 0.2) is 48.5 Å². The number of esters is 2. The summed E-state index contributed by atoms with van der Waals surface area (Å²) in [6.45, 7) is 3.65. The molecule has 58 heavy (non-hydrogen) atoms. The second-order valence-corrected chi connectivity index (χ2v) is 13.5. The van der Waals surface area contributed by atoms with E-state index in [4.69, 9.17) is 42.1 Å². The van der Waals surface area contributed by atoms with E-state index in [1.165, 1.54) is 40.6 Å². The average molecular weight is 844 g/mol. The predicted molar refractivity (Wildman–Crippen MR) is 212 cm³/mol. The number of aromatic nitrogens is 2. The molecule has 2 aromatic heterocycles. The lowest BCUT2D eigenvalue weighted by Gasteiger charge is -2.18. The summed E-state index contributed by atoms with van der Waals surface area (Å²) in [5, 5.41) is 25.1. The zero-order valence-corrected chi connectivity index (χ0v) is 34.2. The number of ether oxygens (including phenoxy) is 6. The number of halogens is 2. The van der Waals surface area contributed by atoms with Gasteiger partial charge in [0.1, 0.15) is 34.4 Å². The minimum atomic E-state index is -1.16. The van der Waals surface area contributed by atoms with Gasteiger partial charge in [0.05, 0.1) is 53.5 Å². The van der Waals surface area contributed by atoms with Gasteiger partial charge in [-0.1, -0.05) is 59.6 Å².